The largest absolute Gasteiger partial charge is 0.345 e. The van der Waals surface area contributed by atoms with Gasteiger partial charge in [0.25, 0.3) is 5.91 Å². The second-order valence-electron chi connectivity index (χ2n) is 7.49. The molecule has 0 bridgehead atoms. The number of benzene rings is 2. The van der Waals surface area contributed by atoms with Crippen molar-refractivity contribution < 1.29 is 9.59 Å². The molecule has 1 fully saturated rings. The van der Waals surface area contributed by atoms with E-state index in [0.717, 1.165) is 37.1 Å². The van der Waals surface area contributed by atoms with E-state index in [1.54, 1.807) is 0 Å². The highest BCUT2D eigenvalue weighted by atomic mass is 16.2. The molecule has 3 rings (SSSR count). The van der Waals surface area contributed by atoms with Crippen LogP contribution in [0.3, 0.4) is 0 Å². The van der Waals surface area contributed by atoms with Crippen LogP contribution in [-0.2, 0) is 4.79 Å². The number of nitrogens with zero attached hydrogens (tertiary/aromatic N) is 1. The lowest BCUT2D eigenvalue weighted by Crippen LogP contribution is -2.45. The van der Waals surface area contributed by atoms with E-state index < -0.39 is 0 Å². The van der Waals surface area contributed by atoms with Crippen LogP contribution in [0.15, 0.2) is 54.6 Å². The van der Waals surface area contributed by atoms with Crippen LogP contribution in [0.4, 0.5) is 0 Å². The first-order valence-corrected chi connectivity index (χ1v) is 9.93. The number of piperidine rings is 1. The van der Waals surface area contributed by atoms with Gasteiger partial charge in [0.15, 0.2) is 0 Å². The fraction of sp³-hybridized carbons (Fsp3) is 0.391. The van der Waals surface area contributed by atoms with E-state index in [9.17, 15) is 9.59 Å². The Morgan fingerprint density at radius 3 is 2.36 bits per heavy atom. The first-order valence-electron chi connectivity index (χ1n) is 9.93. The van der Waals surface area contributed by atoms with Crippen molar-refractivity contribution >= 4 is 11.8 Å². The van der Waals surface area contributed by atoms with Crippen LogP contribution < -0.4 is 10.6 Å². The lowest BCUT2D eigenvalue weighted by Gasteiger charge is -2.33. The Balaban J connectivity index is 1.72. The molecule has 1 unspecified atom stereocenters. The van der Waals surface area contributed by atoms with Gasteiger partial charge in [0.1, 0.15) is 0 Å². The van der Waals surface area contributed by atoms with Gasteiger partial charge in [-0.05, 0) is 50.6 Å². The monoisotopic (exact) mass is 379 g/mol. The normalized spacial score (nSPS) is 15.6. The topological polar surface area (TPSA) is 61.4 Å². The fourth-order valence-electron chi connectivity index (χ4n) is 3.60. The number of aryl methyl sites for hydroxylation is 1. The van der Waals surface area contributed by atoms with E-state index >= 15 is 0 Å². The van der Waals surface area contributed by atoms with Crippen molar-refractivity contribution in [1.29, 1.82) is 0 Å². The van der Waals surface area contributed by atoms with Crippen molar-refractivity contribution in [2.24, 2.45) is 0 Å². The molecule has 1 aliphatic heterocycles. The molecule has 0 radical (unpaired) electrons. The zero-order valence-corrected chi connectivity index (χ0v) is 16.7. The molecular formula is C23H29N3O2. The second kappa shape index (κ2) is 9.51. The molecular weight excluding hydrogens is 350 g/mol. The molecule has 2 aromatic carbocycles. The standard InChI is InChI=1S/C23H29N3O2/c1-17-8-10-19(11-9-17)23(28)25-21(18-6-4-3-5-7-18)16-22(27)26(2)20-12-14-24-15-13-20/h3-11,20-21,24H,12-16H2,1-2H3,(H,25,28). The number of hydrogen-bond donors (Lipinski definition) is 2. The third-order valence-electron chi connectivity index (χ3n) is 5.45. The molecule has 0 spiro atoms. The van der Waals surface area contributed by atoms with E-state index in [4.69, 9.17) is 0 Å². The highest BCUT2D eigenvalue weighted by Gasteiger charge is 2.26. The minimum absolute atomic E-state index is 0.0601. The van der Waals surface area contributed by atoms with E-state index in [1.807, 2.05) is 73.5 Å². The van der Waals surface area contributed by atoms with Crippen LogP contribution in [0.5, 0.6) is 0 Å². The van der Waals surface area contributed by atoms with Crippen LogP contribution in [0.2, 0.25) is 0 Å². The van der Waals surface area contributed by atoms with Crippen molar-refractivity contribution in [3.05, 3.63) is 71.3 Å². The molecule has 0 aromatic heterocycles. The van der Waals surface area contributed by atoms with E-state index in [1.165, 1.54) is 0 Å². The summed E-state index contributed by atoms with van der Waals surface area (Å²) in [7, 11) is 1.88. The van der Waals surface area contributed by atoms with Gasteiger partial charge in [-0.15, -0.1) is 0 Å². The van der Waals surface area contributed by atoms with Gasteiger partial charge in [-0.25, -0.2) is 0 Å². The van der Waals surface area contributed by atoms with Gasteiger partial charge in [-0.1, -0.05) is 48.0 Å². The minimum Gasteiger partial charge on any atom is -0.345 e. The molecule has 5 heteroatoms. The summed E-state index contributed by atoms with van der Waals surface area (Å²) in [6.45, 7) is 3.87. The van der Waals surface area contributed by atoms with Crippen LogP contribution in [0, 0.1) is 6.92 Å². The summed E-state index contributed by atoms with van der Waals surface area (Å²) in [5.74, 6) is -0.101. The Morgan fingerprint density at radius 2 is 1.71 bits per heavy atom. The molecule has 1 heterocycles. The van der Waals surface area contributed by atoms with E-state index in [-0.39, 0.29) is 30.3 Å². The molecule has 0 aliphatic carbocycles. The third kappa shape index (κ3) is 5.20. The summed E-state index contributed by atoms with van der Waals surface area (Å²) in [6.07, 6.45) is 2.18. The smallest absolute Gasteiger partial charge is 0.251 e. The van der Waals surface area contributed by atoms with Crippen LogP contribution in [0.1, 0.15) is 46.8 Å². The van der Waals surface area contributed by atoms with E-state index in [0.29, 0.717) is 5.56 Å². The molecule has 2 aromatic rings. The SMILES string of the molecule is Cc1ccc(C(=O)NC(CC(=O)N(C)C2CCNCC2)c2ccccc2)cc1. The number of rotatable bonds is 6. The van der Waals surface area contributed by atoms with Crippen molar-refractivity contribution in [3.8, 4) is 0 Å². The maximum absolute atomic E-state index is 12.9. The average Bonchev–Trinajstić information content (AvgIpc) is 2.74. The zero-order valence-electron chi connectivity index (χ0n) is 16.7. The molecule has 0 saturated carbocycles. The van der Waals surface area contributed by atoms with Crippen molar-refractivity contribution in [1.82, 2.24) is 15.5 Å². The summed E-state index contributed by atoms with van der Waals surface area (Å²) in [6, 6.07) is 17.1. The van der Waals surface area contributed by atoms with Gasteiger partial charge in [-0.2, -0.15) is 0 Å². The summed E-state index contributed by atoms with van der Waals surface area (Å²) in [4.78, 5) is 27.5. The van der Waals surface area contributed by atoms with Gasteiger partial charge >= 0.3 is 0 Å². The van der Waals surface area contributed by atoms with Crippen molar-refractivity contribution in [2.45, 2.75) is 38.3 Å². The maximum atomic E-state index is 12.9. The fourth-order valence-corrected chi connectivity index (χ4v) is 3.60. The first kappa shape index (κ1) is 20.1. The Morgan fingerprint density at radius 1 is 1.07 bits per heavy atom. The van der Waals surface area contributed by atoms with Crippen LogP contribution in [-0.4, -0.2) is 42.9 Å². The lowest BCUT2D eigenvalue weighted by atomic mass is 10.00. The van der Waals surface area contributed by atoms with Gasteiger partial charge in [-0.3, -0.25) is 9.59 Å². The van der Waals surface area contributed by atoms with Crippen molar-refractivity contribution in [3.63, 3.8) is 0 Å². The number of carbonyl (C=O) groups is 2. The average molecular weight is 380 g/mol. The summed E-state index contributed by atoms with van der Waals surface area (Å²) < 4.78 is 0. The maximum Gasteiger partial charge on any atom is 0.251 e. The van der Waals surface area contributed by atoms with Gasteiger partial charge < -0.3 is 15.5 Å². The molecule has 1 atom stereocenters. The predicted molar refractivity (Wildman–Crippen MR) is 111 cm³/mol. The minimum atomic E-state index is -0.355. The van der Waals surface area contributed by atoms with Crippen molar-refractivity contribution in [2.75, 3.05) is 20.1 Å². The molecule has 2 N–H and O–H groups in total. The van der Waals surface area contributed by atoms with Gasteiger partial charge in [0.05, 0.1) is 12.5 Å². The van der Waals surface area contributed by atoms with Crippen LogP contribution >= 0.6 is 0 Å². The quantitative estimate of drug-likeness (QED) is 0.811. The Kier molecular flexibility index (Phi) is 6.82. The number of hydrogen-bond acceptors (Lipinski definition) is 3. The molecule has 28 heavy (non-hydrogen) atoms. The Labute approximate surface area is 167 Å². The number of amides is 2. The van der Waals surface area contributed by atoms with Gasteiger partial charge in [0, 0.05) is 18.7 Å². The van der Waals surface area contributed by atoms with Gasteiger partial charge in [0.2, 0.25) is 5.91 Å². The predicted octanol–water partition coefficient (Wildman–Crippen LogP) is 3.07. The molecule has 5 nitrogen and oxygen atoms in total. The van der Waals surface area contributed by atoms with E-state index in [2.05, 4.69) is 10.6 Å². The molecule has 148 valence electrons. The zero-order chi connectivity index (χ0) is 19.9. The van der Waals surface area contributed by atoms with Crippen LogP contribution in [0.25, 0.3) is 0 Å². The number of carbonyl (C=O) groups excluding carboxylic acids is 2. The Hall–Kier alpha value is -2.66. The summed E-state index contributed by atoms with van der Waals surface area (Å²) in [5.41, 5.74) is 2.65. The molecule has 2 amide bonds. The number of nitrogens with one attached hydrogen (secondary N) is 2. The second-order valence-corrected chi connectivity index (χ2v) is 7.49. The summed E-state index contributed by atoms with van der Waals surface area (Å²) in [5, 5.41) is 6.39. The highest BCUT2D eigenvalue weighted by Crippen LogP contribution is 2.20. The third-order valence-corrected chi connectivity index (χ3v) is 5.45. The summed E-state index contributed by atoms with van der Waals surface area (Å²) >= 11 is 0. The first-order chi connectivity index (χ1) is 13.5. The molecule has 1 saturated heterocycles. The molecule has 1 aliphatic rings. The lowest BCUT2D eigenvalue weighted by molar-refractivity contribution is -0.132. The highest BCUT2D eigenvalue weighted by molar-refractivity contribution is 5.94. The Bertz CT molecular complexity index is 783.